The lowest BCUT2D eigenvalue weighted by atomic mass is 9.44. The van der Waals surface area contributed by atoms with E-state index in [0.29, 0.717) is 23.7 Å². The quantitative estimate of drug-likeness (QED) is 0.716. The summed E-state index contributed by atoms with van der Waals surface area (Å²) in [7, 11) is 0. The third kappa shape index (κ3) is 2.94. The predicted octanol–water partition coefficient (Wildman–Crippen LogP) is 4.07. The molecule has 0 heterocycles. The first-order valence-electron chi connectivity index (χ1n) is 11.4. The Bertz CT molecular complexity index is 756. The summed E-state index contributed by atoms with van der Waals surface area (Å²) in [5, 5.41) is 9.08. The van der Waals surface area contributed by atoms with Crippen LogP contribution in [0.1, 0.15) is 78.6 Å². The summed E-state index contributed by atoms with van der Waals surface area (Å²) in [5.74, 6) is -0.247. The van der Waals surface area contributed by atoms with Crippen molar-refractivity contribution in [2.45, 2.75) is 78.6 Å². The van der Waals surface area contributed by atoms with Gasteiger partial charge in [-0.05, 0) is 85.9 Å². The molecule has 1 unspecified atom stereocenters. The number of hydrogen-bond donors (Lipinski definition) is 1. The highest BCUT2D eigenvalue weighted by Gasteiger charge is 2.64. The van der Waals surface area contributed by atoms with Crippen molar-refractivity contribution in [2.24, 2.45) is 46.3 Å². The minimum atomic E-state index is -0.760. The normalized spacial score (nSPS) is 45.3. The molecule has 0 bridgehead atoms. The summed E-state index contributed by atoms with van der Waals surface area (Å²) < 4.78 is 0. The van der Waals surface area contributed by atoms with Crippen LogP contribution in [0.4, 0.5) is 0 Å². The van der Waals surface area contributed by atoms with Gasteiger partial charge in [0, 0.05) is 18.3 Å². The van der Waals surface area contributed by atoms with E-state index < -0.39 is 28.7 Å². The summed E-state index contributed by atoms with van der Waals surface area (Å²) >= 11 is 0. The van der Waals surface area contributed by atoms with Gasteiger partial charge < -0.3 is 5.11 Å². The first-order chi connectivity index (χ1) is 13.6. The van der Waals surface area contributed by atoms with Crippen LogP contribution in [0.5, 0.6) is 0 Å². The monoisotopic (exact) mass is 402 g/mol. The fraction of sp³-hybridized carbons (Fsp3) is 0.833. The number of hydrogen-bond acceptors (Lipinski definition) is 4. The Morgan fingerprint density at radius 2 is 1.79 bits per heavy atom. The van der Waals surface area contributed by atoms with Gasteiger partial charge in [0.15, 0.2) is 0 Å². The number of carbonyl (C=O) groups is 4. The van der Waals surface area contributed by atoms with Crippen LogP contribution >= 0.6 is 0 Å². The molecule has 5 nitrogen and oxygen atoms in total. The Kier molecular flexibility index (Phi) is 5.02. The fourth-order valence-electron chi connectivity index (χ4n) is 8.31. The van der Waals surface area contributed by atoms with Gasteiger partial charge in [-0.3, -0.25) is 19.2 Å². The van der Waals surface area contributed by atoms with Crippen molar-refractivity contribution >= 4 is 23.3 Å². The van der Waals surface area contributed by atoms with Crippen molar-refractivity contribution < 1.29 is 24.3 Å². The number of ketones is 3. The van der Waals surface area contributed by atoms with Crippen LogP contribution < -0.4 is 0 Å². The summed E-state index contributed by atoms with van der Waals surface area (Å²) in [5.41, 5.74) is -0.470. The molecule has 4 saturated carbocycles. The molecule has 0 aromatic heterocycles. The Labute approximate surface area is 173 Å². The molecule has 4 aliphatic carbocycles. The fourth-order valence-corrected chi connectivity index (χ4v) is 8.31. The molecule has 0 radical (unpaired) electrons. The first-order valence-corrected chi connectivity index (χ1v) is 11.4. The maximum absolute atomic E-state index is 13.0. The van der Waals surface area contributed by atoms with Crippen LogP contribution in [0.15, 0.2) is 0 Å². The van der Waals surface area contributed by atoms with Crippen molar-refractivity contribution in [3.8, 4) is 0 Å². The zero-order valence-electron chi connectivity index (χ0n) is 17.9. The summed E-state index contributed by atoms with van der Waals surface area (Å²) in [4.78, 5) is 48.3. The van der Waals surface area contributed by atoms with Gasteiger partial charge >= 0.3 is 5.97 Å². The lowest BCUT2D eigenvalue weighted by Gasteiger charge is -2.59. The topological polar surface area (TPSA) is 88.5 Å². The number of rotatable bonds is 4. The van der Waals surface area contributed by atoms with Gasteiger partial charge in [-0.1, -0.05) is 20.8 Å². The van der Waals surface area contributed by atoms with E-state index in [4.69, 9.17) is 5.11 Å². The Morgan fingerprint density at radius 1 is 1.07 bits per heavy atom. The molecule has 0 spiro atoms. The van der Waals surface area contributed by atoms with E-state index in [-0.39, 0.29) is 30.1 Å². The lowest BCUT2D eigenvalue weighted by molar-refractivity contribution is -0.167. The van der Waals surface area contributed by atoms with Gasteiger partial charge in [-0.15, -0.1) is 0 Å². The van der Waals surface area contributed by atoms with Crippen LogP contribution in [0.2, 0.25) is 0 Å². The molecule has 0 aliphatic heterocycles. The molecular formula is C24H34O5. The van der Waals surface area contributed by atoms with E-state index >= 15 is 0 Å². The van der Waals surface area contributed by atoms with E-state index in [1.807, 2.05) is 6.92 Å². The highest BCUT2D eigenvalue weighted by atomic mass is 16.4. The molecule has 8 atom stereocenters. The van der Waals surface area contributed by atoms with Crippen LogP contribution in [0.25, 0.3) is 0 Å². The van der Waals surface area contributed by atoms with Crippen LogP contribution in [0, 0.1) is 46.3 Å². The second kappa shape index (κ2) is 7.02. The summed E-state index contributed by atoms with van der Waals surface area (Å²) in [6.45, 7) is 6.58. The lowest BCUT2D eigenvalue weighted by Crippen LogP contribution is -2.60. The average molecular weight is 403 g/mol. The van der Waals surface area contributed by atoms with E-state index in [2.05, 4.69) is 13.8 Å². The number of carboxylic acids is 1. The van der Waals surface area contributed by atoms with Crippen LogP contribution in [0.3, 0.4) is 0 Å². The standard InChI is InChI=1S/C24H34O5/c1-13(4-9-20(26)27)16-7-8-17-15-6-5-14-12-19(25)21(28)22(29)24(14,3)18(15)10-11-23(16,17)2/h13-18H,4-12H2,1-3H3,(H,26,27)/t13-,14?,15+,16-,17+,18+,23-,24+/m1/s1. The first kappa shape index (κ1) is 20.7. The highest BCUT2D eigenvalue weighted by Crippen LogP contribution is 2.67. The van der Waals surface area contributed by atoms with Gasteiger partial charge in [0.1, 0.15) is 0 Å². The minimum absolute atomic E-state index is 0.0255. The highest BCUT2D eigenvalue weighted by molar-refractivity contribution is 6.65. The van der Waals surface area contributed by atoms with Crippen molar-refractivity contribution in [3.63, 3.8) is 0 Å². The van der Waals surface area contributed by atoms with E-state index in [1.54, 1.807) is 0 Å². The third-order valence-corrected chi connectivity index (χ3v) is 9.86. The maximum atomic E-state index is 13.0. The second-order valence-electron chi connectivity index (χ2n) is 10.9. The Balaban J connectivity index is 1.58. The zero-order chi connectivity index (χ0) is 21.1. The number of Topliss-reactive ketones (excluding diaryl/α,β-unsaturated/α-hetero) is 3. The molecule has 4 fully saturated rings. The van der Waals surface area contributed by atoms with E-state index in [9.17, 15) is 19.2 Å². The minimum Gasteiger partial charge on any atom is -0.481 e. The number of carbonyl (C=O) groups excluding carboxylic acids is 3. The molecule has 0 saturated heterocycles. The van der Waals surface area contributed by atoms with E-state index in [1.165, 1.54) is 0 Å². The van der Waals surface area contributed by atoms with Gasteiger partial charge in [0.2, 0.25) is 11.6 Å². The zero-order valence-corrected chi connectivity index (χ0v) is 17.9. The Morgan fingerprint density at radius 3 is 2.48 bits per heavy atom. The Hall–Kier alpha value is -1.52. The molecule has 0 aromatic carbocycles. The molecule has 4 aliphatic rings. The van der Waals surface area contributed by atoms with Crippen molar-refractivity contribution in [3.05, 3.63) is 0 Å². The number of fused-ring (bicyclic) bond motifs is 5. The predicted molar refractivity (Wildman–Crippen MR) is 107 cm³/mol. The van der Waals surface area contributed by atoms with Crippen LogP contribution in [-0.4, -0.2) is 28.4 Å². The average Bonchev–Trinajstić information content (AvgIpc) is 3.03. The maximum Gasteiger partial charge on any atom is 0.303 e. The summed E-state index contributed by atoms with van der Waals surface area (Å²) in [6, 6.07) is 0. The SMILES string of the molecule is C[C@H](CCC(=O)O)[C@H]1CC[C@H]2[C@@H]3CCC4CC(=O)C(=O)C(=O)[C@]4(C)[C@H]3CC[C@]12C. The van der Waals surface area contributed by atoms with Crippen LogP contribution in [-0.2, 0) is 19.2 Å². The smallest absolute Gasteiger partial charge is 0.303 e. The molecule has 5 heteroatoms. The third-order valence-electron chi connectivity index (χ3n) is 9.86. The number of carboxylic acid groups (broad SMARTS) is 1. The van der Waals surface area contributed by atoms with Gasteiger partial charge in [-0.25, -0.2) is 0 Å². The summed E-state index contributed by atoms with van der Waals surface area (Å²) in [6.07, 6.45) is 7.39. The molecule has 0 amide bonds. The molecule has 1 N–H and O–H groups in total. The van der Waals surface area contributed by atoms with Crippen molar-refractivity contribution in [2.75, 3.05) is 0 Å². The van der Waals surface area contributed by atoms with Crippen molar-refractivity contribution in [1.29, 1.82) is 0 Å². The molecule has 0 aromatic rings. The molecule has 4 rings (SSSR count). The van der Waals surface area contributed by atoms with Gasteiger partial charge in [-0.2, -0.15) is 0 Å². The number of aliphatic carboxylic acids is 1. The van der Waals surface area contributed by atoms with Gasteiger partial charge in [0.25, 0.3) is 5.78 Å². The van der Waals surface area contributed by atoms with E-state index in [0.717, 1.165) is 44.9 Å². The second-order valence-corrected chi connectivity index (χ2v) is 10.9. The molecular weight excluding hydrogens is 368 g/mol. The molecule has 160 valence electrons. The van der Waals surface area contributed by atoms with Crippen molar-refractivity contribution in [1.82, 2.24) is 0 Å². The molecule has 29 heavy (non-hydrogen) atoms. The largest absolute Gasteiger partial charge is 0.481 e. The van der Waals surface area contributed by atoms with Gasteiger partial charge in [0.05, 0.1) is 0 Å².